The summed E-state index contributed by atoms with van der Waals surface area (Å²) >= 11 is 0. The minimum absolute atomic E-state index is 0.00262. The summed E-state index contributed by atoms with van der Waals surface area (Å²) in [4.78, 5) is 40.9. The summed E-state index contributed by atoms with van der Waals surface area (Å²) in [5, 5.41) is 0. The largest absolute Gasteiger partial charge is 0.464 e. The molecule has 8 nitrogen and oxygen atoms in total. The topological polar surface area (TPSA) is 96.2 Å². The van der Waals surface area contributed by atoms with E-state index >= 15 is 0 Å². The smallest absolute Gasteiger partial charge is 0.293 e. The van der Waals surface area contributed by atoms with Crippen molar-refractivity contribution in [2.45, 2.75) is 38.3 Å². The summed E-state index contributed by atoms with van der Waals surface area (Å²) in [6.07, 6.45) is 3.36. The lowest BCUT2D eigenvalue weighted by atomic mass is 9.96. The maximum atomic E-state index is 12.8. The monoisotopic (exact) mass is 430 g/mol. The summed E-state index contributed by atoms with van der Waals surface area (Å²) < 4.78 is 5.03. The standard InChI is InChI=1S/C23H34N4O4/c1-25(14-15-26-12-8-21(9-13-26)31-17-28)23(30)20-4-2-18(3-5-20)16-27-10-6-19(7-11-27)22(24)29/h2-5,17,19,21H,6-16H2,1H3,(H2,24,29). The maximum Gasteiger partial charge on any atom is 0.293 e. The van der Waals surface area contributed by atoms with Gasteiger partial charge in [0.05, 0.1) is 0 Å². The molecule has 0 spiro atoms. The Balaban J connectivity index is 1.41. The third-order valence-corrected chi connectivity index (χ3v) is 6.48. The zero-order valence-electron chi connectivity index (χ0n) is 18.4. The van der Waals surface area contributed by atoms with Gasteiger partial charge in [-0.2, -0.15) is 0 Å². The van der Waals surface area contributed by atoms with E-state index in [4.69, 9.17) is 10.5 Å². The van der Waals surface area contributed by atoms with Gasteiger partial charge in [0.25, 0.3) is 12.4 Å². The number of amides is 2. The van der Waals surface area contributed by atoms with Crippen molar-refractivity contribution in [2.75, 3.05) is 46.3 Å². The molecule has 31 heavy (non-hydrogen) atoms. The number of rotatable bonds is 9. The molecule has 0 bridgehead atoms. The number of piperidine rings is 2. The molecular weight excluding hydrogens is 396 g/mol. The number of hydrogen-bond donors (Lipinski definition) is 1. The van der Waals surface area contributed by atoms with Crippen LogP contribution in [0.1, 0.15) is 41.6 Å². The van der Waals surface area contributed by atoms with E-state index in [0.717, 1.165) is 70.5 Å². The molecule has 2 aliphatic rings. The van der Waals surface area contributed by atoms with Crippen molar-refractivity contribution >= 4 is 18.3 Å². The number of carbonyl (C=O) groups is 3. The zero-order valence-corrected chi connectivity index (χ0v) is 18.4. The summed E-state index contributed by atoms with van der Waals surface area (Å²) in [6, 6.07) is 7.82. The van der Waals surface area contributed by atoms with Crippen molar-refractivity contribution in [3.63, 3.8) is 0 Å². The first-order valence-electron chi connectivity index (χ1n) is 11.1. The van der Waals surface area contributed by atoms with Crippen LogP contribution < -0.4 is 5.73 Å². The van der Waals surface area contributed by atoms with Gasteiger partial charge in [-0.25, -0.2) is 0 Å². The first kappa shape index (κ1) is 23.2. The summed E-state index contributed by atoms with van der Waals surface area (Å²) in [5.41, 5.74) is 7.26. The molecule has 1 aromatic rings. The molecule has 1 aromatic carbocycles. The van der Waals surface area contributed by atoms with E-state index in [0.29, 0.717) is 18.6 Å². The molecule has 2 amide bonds. The summed E-state index contributed by atoms with van der Waals surface area (Å²) in [5.74, 6) is -0.168. The van der Waals surface area contributed by atoms with Crippen molar-refractivity contribution in [3.8, 4) is 0 Å². The average Bonchev–Trinajstić information content (AvgIpc) is 2.79. The average molecular weight is 431 g/mol. The van der Waals surface area contributed by atoms with Gasteiger partial charge >= 0.3 is 0 Å². The quantitative estimate of drug-likeness (QED) is 0.589. The maximum absolute atomic E-state index is 12.8. The molecule has 8 heteroatoms. The molecule has 0 unspecified atom stereocenters. The number of nitrogens with two attached hydrogens (primary N) is 1. The van der Waals surface area contributed by atoms with Crippen molar-refractivity contribution in [1.29, 1.82) is 0 Å². The lowest BCUT2D eigenvalue weighted by Gasteiger charge is -2.32. The van der Waals surface area contributed by atoms with Crippen LogP contribution in [0.15, 0.2) is 24.3 Å². The molecule has 2 heterocycles. The predicted octanol–water partition coefficient (Wildman–Crippen LogP) is 1.09. The van der Waals surface area contributed by atoms with Gasteiger partial charge in [0.1, 0.15) is 6.10 Å². The highest BCUT2D eigenvalue weighted by Crippen LogP contribution is 2.19. The van der Waals surface area contributed by atoms with E-state index < -0.39 is 0 Å². The fourth-order valence-corrected chi connectivity index (χ4v) is 4.35. The number of hydrogen-bond acceptors (Lipinski definition) is 6. The van der Waals surface area contributed by atoms with Gasteiger partial charge in [0.15, 0.2) is 0 Å². The molecule has 0 aromatic heterocycles. The molecule has 170 valence electrons. The Hall–Kier alpha value is -2.45. The van der Waals surface area contributed by atoms with Gasteiger partial charge in [-0.05, 0) is 56.5 Å². The van der Waals surface area contributed by atoms with Gasteiger partial charge in [-0.3, -0.25) is 19.3 Å². The third-order valence-electron chi connectivity index (χ3n) is 6.48. The summed E-state index contributed by atoms with van der Waals surface area (Å²) in [7, 11) is 1.83. The fraction of sp³-hybridized carbons (Fsp3) is 0.609. The van der Waals surface area contributed by atoms with Crippen molar-refractivity contribution in [2.24, 2.45) is 11.7 Å². The molecule has 2 saturated heterocycles. The molecule has 2 N–H and O–H groups in total. The zero-order chi connectivity index (χ0) is 22.2. The van der Waals surface area contributed by atoms with Crippen LogP contribution in [0.4, 0.5) is 0 Å². The van der Waals surface area contributed by atoms with E-state index in [2.05, 4.69) is 9.80 Å². The van der Waals surface area contributed by atoms with Crippen LogP contribution in [0.5, 0.6) is 0 Å². The Morgan fingerprint density at radius 1 is 1.06 bits per heavy atom. The molecule has 3 rings (SSSR count). The van der Waals surface area contributed by atoms with Gasteiger partial charge in [0.2, 0.25) is 5.91 Å². The van der Waals surface area contributed by atoms with E-state index in [1.54, 1.807) is 4.90 Å². The minimum Gasteiger partial charge on any atom is -0.464 e. The number of likely N-dealkylation sites (N-methyl/N-ethyl adjacent to an activating group) is 1. The first-order chi connectivity index (χ1) is 15.0. The van der Waals surface area contributed by atoms with Crippen LogP contribution in [-0.4, -0.2) is 85.4 Å². The Labute approximate surface area is 184 Å². The second kappa shape index (κ2) is 11.2. The fourth-order valence-electron chi connectivity index (χ4n) is 4.35. The van der Waals surface area contributed by atoms with E-state index in [9.17, 15) is 14.4 Å². The van der Waals surface area contributed by atoms with Crippen LogP contribution >= 0.6 is 0 Å². The summed E-state index contributed by atoms with van der Waals surface area (Å²) in [6.45, 7) is 6.33. The molecular formula is C23H34N4O4. The van der Waals surface area contributed by atoms with Crippen LogP contribution in [0.2, 0.25) is 0 Å². The SMILES string of the molecule is CN(CCN1CCC(OC=O)CC1)C(=O)c1ccc(CN2CCC(C(N)=O)CC2)cc1. The molecule has 2 fully saturated rings. The second-order valence-electron chi connectivity index (χ2n) is 8.65. The van der Waals surface area contributed by atoms with E-state index in [1.807, 2.05) is 31.3 Å². The molecule has 2 aliphatic heterocycles. The van der Waals surface area contributed by atoms with E-state index in [-0.39, 0.29) is 23.8 Å². The van der Waals surface area contributed by atoms with Crippen LogP contribution in [0, 0.1) is 5.92 Å². The van der Waals surface area contributed by atoms with Gasteiger partial charge in [-0.1, -0.05) is 12.1 Å². The third kappa shape index (κ3) is 6.77. The first-order valence-corrected chi connectivity index (χ1v) is 11.1. The highest BCUT2D eigenvalue weighted by Gasteiger charge is 2.23. The lowest BCUT2D eigenvalue weighted by Crippen LogP contribution is -2.42. The molecule has 0 aliphatic carbocycles. The van der Waals surface area contributed by atoms with E-state index in [1.165, 1.54) is 0 Å². The van der Waals surface area contributed by atoms with Crippen molar-refractivity contribution in [3.05, 3.63) is 35.4 Å². The Morgan fingerprint density at radius 2 is 1.68 bits per heavy atom. The number of likely N-dealkylation sites (tertiary alicyclic amines) is 2. The number of benzene rings is 1. The molecule has 0 saturated carbocycles. The number of carbonyl (C=O) groups excluding carboxylic acids is 3. The predicted molar refractivity (Wildman–Crippen MR) is 117 cm³/mol. The van der Waals surface area contributed by atoms with Crippen LogP contribution in [-0.2, 0) is 20.9 Å². The van der Waals surface area contributed by atoms with Crippen LogP contribution in [0.25, 0.3) is 0 Å². The number of ether oxygens (including phenoxy) is 1. The Kier molecular flexibility index (Phi) is 8.43. The number of nitrogens with zero attached hydrogens (tertiary/aromatic N) is 3. The highest BCUT2D eigenvalue weighted by atomic mass is 16.5. The van der Waals surface area contributed by atoms with Gasteiger partial charge in [0, 0.05) is 51.3 Å². The minimum atomic E-state index is -0.192. The highest BCUT2D eigenvalue weighted by molar-refractivity contribution is 5.94. The Bertz CT molecular complexity index is 738. The molecule has 0 radical (unpaired) electrons. The van der Waals surface area contributed by atoms with Crippen molar-refractivity contribution in [1.82, 2.24) is 14.7 Å². The molecule has 0 atom stereocenters. The van der Waals surface area contributed by atoms with Gasteiger partial charge < -0.3 is 20.3 Å². The van der Waals surface area contributed by atoms with Crippen molar-refractivity contribution < 1.29 is 19.1 Å². The van der Waals surface area contributed by atoms with Crippen LogP contribution in [0.3, 0.4) is 0 Å². The normalized spacial score (nSPS) is 19.1. The van der Waals surface area contributed by atoms with Gasteiger partial charge in [-0.15, -0.1) is 0 Å². The number of primary amides is 1. The second-order valence-corrected chi connectivity index (χ2v) is 8.65. The Morgan fingerprint density at radius 3 is 2.26 bits per heavy atom. The lowest BCUT2D eigenvalue weighted by molar-refractivity contribution is -0.135.